The average Bonchev–Trinajstić information content (AvgIpc) is 3.57. The number of allylic oxidation sites excluding steroid dienone is 2. The van der Waals surface area contributed by atoms with E-state index in [-0.39, 0.29) is 17.5 Å². The van der Waals surface area contributed by atoms with Crippen molar-refractivity contribution in [3.8, 4) is 0 Å². The highest BCUT2D eigenvalue weighted by molar-refractivity contribution is 5.94. The molecule has 0 aromatic carbocycles. The van der Waals surface area contributed by atoms with Crippen LogP contribution >= 0.6 is 0 Å². The molecule has 1 fully saturated rings. The number of nitrogens with zero attached hydrogens (tertiary/aromatic N) is 1. The molecule has 3 rings (SSSR count). The van der Waals surface area contributed by atoms with Crippen LogP contribution in [0, 0.1) is 5.92 Å². The van der Waals surface area contributed by atoms with E-state index in [1.807, 2.05) is 0 Å². The van der Waals surface area contributed by atoms with Crippen molar-refractivity contribution in [2.45, 2.75) is 37.9 Å². The first-order chi connectivity index (χ1) is 15.0. The fourth-order valence-corrected chi connectivity index (χ4v) is 2.55. The summed E-state index contributed by atoms with van der Waals surface area (Å²) in [6.45, 7) is -0.217. The maximum atomic E-state index is 12.9. The number of aromatic nitrogens is 1. The highest BCUT2D eigenvalue weighted by Gasteiger charge is 2.58. The summed E-state index contributed by atoms with van der Waals surface area (Å²) < 4.78 is 66.7. The lowest BCUT2D eigenvalue weighted by molar-refractivity contribution is -0.294. The quantitative estimate of drug-likeness (QED) is 0.444. The number of carbonyl (C=O) groups excluding carboxylic acids is 2. The second-order valence-corrected chi connectivity index (χ2v) is 7.29. The summed E-state index contributed by atoms with van der Waals surface area (Å²) in [4.78, 5) is 28.3. The number of hydrogen-bond acceptors (Lipinski definition) is 6. The molecule has 2 heterocycles. The third-order valence-electron chi connectivity index (χ3n) is 4.62. The number of halogens is 5. The van der Waals surface area contributed by atoms with Crippen LogP contribution in [0.15, 0.2) is 42.1 Å². The molecule has 0 radical (unpaired) electrons. The number of hydrazine groups is 1. The normalized spacial score (nSPS) is 17.2. The molecule has 4 N–H and O–H groups in total. The van der Waals surface area contributed by atoms with Crippen molar-refractivity contribution in [2.75, 3.05) is 11.9 Å². The Morgan fingerprint density at radius 1 is 1.22 bits per heavy atom. The third-order valence-corrected chi connectivity index (χ3v) is 4.62. The van der Waals surface area contributed by atoms with Crippen LogP contribution in [0.1, 0.15) is 31.4 Å². The van der Waals surface area contributed by atoms with Gasteiger partial charge in [0.2, 0.25) is 11.8 Å². The third kappa shape index (κ3) is 5.86. The molecule has 1 aromatic rings. The fraction of sp³-hybridized carbons (Fsp3) is 0.421. The summed E-state index contributed by atoms with van der Waals surface area (Å²) in [7, 11) is 0. The lowest BCUT2D eigenvalue weighted by Gasteiger charge is -2.24. The topological polar surface area (TPSA) is 104 Å². The van der Waals surface area contributed by atoms with Crippen molar-refractivity contribution in [3.63, 3.8) is 0 Å². The van der Waals surface area contributed by atoms with Crippen molar-refractivity contribution >= 4 is 17.6 Å². The van der Waals surface area contributed by atoms with E-state index in [0.29, 0.717) is 11.4 Å². The summed E-state index contributed by atoms with van der Waals surface area (Å²) >= 11 is 0. The average molecular weight is 461 g/mol. The molecule has 8 nitrogen and oxygen atoms in total. The smallest absolute Gasteiger partial charge is 0.456 e. The SMILES string of the molecule is CC(NC(=O)C1=CC=C(OCC(F)(F)C(F)(F)F)NN1)c1ccnc(NC(=O)C2CC2)c1. The van der Waals surface area contributed by atoms with Gasteiger partial charge in [-0.3, -0.25) is 20.4 Å². The van der Waals surface area contributed by atoms with Crippen molar-refractivity contribution in [1.29, 1.82) is 0 Å². The molecule has 1 aromatic heterocycles. The predicted molar refractivity (Wildman–Crippen MR) is 102 cm³/mol. The number of nitrogens with one attached hydrogen (secondary N) is 4. The Balaban J connectivity index is 1.55. The van der Waals surface area contributed by atoms with Gasteiger partial charge in [-0.15, -0.1) is 0 Å². The second kappa shape index (κ2) is 9.01. The minimum atomic E-state index is -5.74. The molecule has 0 bridgehead atoms. The van der Waals surface area contributed by atoms with E-state index in [1.54, 1.807) is 19.1 Å². The Morgan fingerprint density at radius 2 is 1.94 bits per heavy atom. The van der Waals surface area contributed by atoms with Gasteiger partial charge >= 0.3 is 12.1 Å². The molecule has 13 heteroatoms. The number of amides is 2. The van der Waals surface area contributed by atoms with Gasteiger partial charge in [-0.2, -0.15) is 22.0 Å². The summed E-state index contributed by atoms with van der Waals surface area (Å²) in [6, 6.07) is 2.79. The van der Waals surface area contributed by atoms with Gasteiger partial charge in [-0.25, -0.2) is 4.98 Å². The van der Waals surface area contributed by atoms with E-state index in [4.69, 9.17) is 0 Å². The minimum Gasteiger partial charge on any atom is -0.471 e. The molecule has 174 valence electrons. The number of hydrogen-bond donors (Lipinski definition) is 4. The Hall–Kier alpha value is -3.38. The first-order valence-electron chi connectivity index (χ1n) is 9.55. The van der Waals surface area contributed by atoms with E-state index in [2.05, 4.69) is 31.2 Å². The molecule has 1 unspecified atom stereocenters. The van der Waals surface area contributed by atoms with Crippen LogP contribution in [0.5, 0.6) is 0 Å². The Labute approximate surface area is 179 Å². The standard InChI is InChI=1S/C19H20F5N5O3/c1-10(12-6-7-25-14(8-12)27-16(30)11-2-3-11)26-17(31)13-4-5-15(29-28-13)32-9-18(20,21)19(22,23)24/h4-8,10-11,28-29H,2-3,9H2,1H3,(H,26,31)(H,25,27,30). The predicted octanol–water partition coefficient (Wildman–Crippen LogP) is 2.65. The van der Waals surface area contributed by atoms with Crippen LogP contribution in [0.4, 0.5) is 27.8 Å². The monoisotopic (exact) mass is 461 g/mol. The Morgan fingerprint density at radius 3 is 2.53 bits per heavy atom. The van der Waals surface area contributed by atoms with Crippen LogP contribution in [0.25, 0.3) is 0 Å². The summed E-state index contributed by atoms with van der Waals surface area (Å²) in [6.07, 6.45) is -0.350. The molecular formula is C19H20F5N5O3. The molecule has 1 aliphatic carbocycles. The second-order valence-electron chi connectivity index (χ2n) is 7.29. The molecule has 2 aliphatic rings. The summed E-state index contributed by atoms with van der Waals surface area (Å²) in [5, 5.41) is 5.39. The molecule has 1 aliphatic heterocycles. The Bertz CT molecular complexity index is 944. The summed E-state index contributed by atoms with van der Waals surface area (Å²) in [5.41, 5.74) is 5.24. The molecule has 1 saturated carbocycles. The van der Waals surface area contributed by atoms with Crippen molar-refractivity contribution in [3.05, 3.63) is 47.6 Å². The number of rotatable bonds is 8. The van der Waals surface area contributed by atoms with Gasteiger partial charge in [0.15, 0.2) is 6.61 Å². The van der Waals surface area contributed by atoms with Crippen LogP contribution < -0.4 is 21.5 Å². The highest BCUT2D eigenvalue weighted by Crippen LogP contribution is 2.35. The van der Waals surface area contributed by atoms with Gasteiger partial charge < -0.3 is 15.4 Å². The van der Waals surface area contributed by atoms with E-state index >= 15 is 0 Å². The lowest BCUT2D eigenvalue weighted by Crippen LogP contribution is -2.44. The first-order valence-corrected chi connectivity index (χ1v) is 9.55. The molecule has 2 amide bonds. The van der Waals surface area contributed by atoms with Gasteiger partial charge in [0, 0.05) is 18.2 Å². The van der Waals surface area contributed by atoms with Crippen LogP contribution in [0.3, 0.4) is 0 Å². The van der Waals surface area contributed by atoms with E-state index < -0.39 is 36.5 Å². The maximum absolute atomic E-state index is 12.9. The first kappa shape index (κ1) is 23.3. The minimum absolute atomic E-state index is 0.0102. The Kier molecular flexibility index (Phi) is 6.55. The van der Waals surface area contributed by atoms with E-state index in [0.717, 1.165) is 25.0 Å². The molecular weight excluding hydrogens is 441 g/mol. The van der Waals surface area contributed by atoms with E-state index in [1.165, 1.54) is 6.20 Å². The number of alkyl halides is 5. The van der Waals surface area contributed by atoms with Gasteiger partial charge in [0.25, 0.3) is 5.91 Å². The number of carbonyl (C=O) groups is 2. The van der Waals surface area contributed by atoms with Gasteiger partial charge in [0.05, 0.1) is 6.04 Å². The van der Waals surface area contributed by atoms with Crippen molar-refractivity contribution in [1.82, 2.24) is 21.2 Å². The zero-order chi connectivity index (χ0) is 23.5. The highest BCUT2D eigenvalue weighted by atomic mass is 19.4. The fourth-order valence-electron chi connectivity index (χ4n) is 2.55. The van der Waals surface area contributed by atoms with Crippen LogP contribution in [0.2, 0.25) is 0 Å². The largest absolute Gasteiger partial charge is 0.471 e. The lowest BCUT2D eigenvalue weighted by atomic mass is 10.1. The summed E-state index contributed by atoms with van der Waals surface area (Å²) in [5.74, 6) is -5.75. The molecule has 32 heavy (non-hydrogen) atoms. The van der Waals surface area contributed by atoms with Crippen LogP contribution in [-0.4, -0.2) is 35.5 Å². The number of ether oxygens (including phenoxy) is 1. The van der Waals surface area contributed by atoms with Gasteiger partial charge in [-0.05, 0) is 43.5 Å². The zero-order valence-electron chi connectivity index (χ0n) is 16.7. The van der Waals surface area contributed by atoms with Gasteiger partial charge in [-0.1, -0.05) is 0 Å². The number of anilines is 1. The molecule has 1 atom stereocenters. The molecule has 0 spiro atoms. The molecule has 0 saturated heterocycles. The van der Waals surface area contributed by atoms with Gasteiger partial charge in [0.1, 0.15) is 11.5 Å². The van der Waals surface area contributed by atoms with Crippen molar-refractivity contribution in [2.24, 2.45) is 5.92 Å². The van der Waals surface area contributed by atoms with Crippen LogP contribution in [-0.2, 0) is 14.3 Å². The van der Waals surface area contributed by atoms with E-state index in [9.17, 15) is 31.5 Å². The zero-order valence-corrected chi connectivity index (χ0v) is 16.7. The maximum Gasteiger partial charge on any atom is 0.456 e. The van der Waals surface area contributed by atoms with Crippen molar-refractivity contribution < 1.29 is 36.3 Å². The number of pyridine rings is 1.